The van der Waals surface area contributed by atoms with Crippen molar-refractivity contribution in [2.45, 2.75) is 0 Å². The van der Waals surface area contributed by atoms with Crippen molar-refractivity contribution in [3.63, 3.8) is 0 Å². The Labute approximate surface area is 30.9 Å². The maximum absolute atomic E-state index is 8.40. The second kappa shape index (κ2) is 91.0. The molecule has 0 aliphatic carbocycles. The van der Waals surface area contributed by atoms with Crippen LogP contribution in [0.3, 0.4) is 0 Å². The highest BCUT2D eigenvalue weighted by Gasteiger charge is 1.22. The third-order valence-corrected chi connectivity index (χ3v) is 0. The lowest BCUT2D eigenvalue weighted by Crippen LogP contribution is -1.26. The number of carbonyl (C=O) groups excluding carboxylic acids is 1. The summed E-state index contributed by atoms with van der Waals surface area (Å²) in [7, 11) is -1.42. The molecule has 0 amide bonds. The van der Waals surface area contributed by atoms with Gasteiger partial charge in [0.05, 0.1) is 0 Å². The molecule has 0 aliphatic heterocycles. The largest absolute Gasteiger partial charge is 0.549 e. The van der Waals surface area contributed by atoms with E-state index in [1.807, 2.05) is 6.79 Å². The van der Waals surface area contributed by atoms with E-state index in [2.05, 4.69) is 0 Å². The lowest BCUT2D eigenvalue weighted by atomic mass is 11.9. The van der Waals surface area contributed by atoms with Gasteiger partial charge in [-0.25, -0.2) is 0 Å². The van der Waals surface area contributed by atoms with E-state index in [0.29, 0.717) is 0 Å². The number of hydrogen-bond donors (Lipinski definition) is 0. The van der Waals surface area contributed by atoms with Crippen molar-refractivity contribution >= 4 is 16.1 Å². The van der Waals surface area contributed by atoms with E-state index < -0.39 is 9.29 Å². The van der Waals surface area contributed by atoms with E-state index in [9.17, 15) is 0 Å². The molecule has 0 unspecified atom stereocenters. The minimum atomic E-state index is -1.42. The van der Waals surface area contributed by atoms with E-state index in [0.717, 1.165) is 0 Å². The van der Waals surface area contributed by atoms with Gasteiger partial charge >= 0.3 is 9.29 Å². The molecule has 0 aromatic rings. The van der Waals surface area contributed by atoms with Crippen LogP contribution < -0.4 is 0 Å². The molecular formula is CH2O3Si. The Morgan fingerprint density at radius 2 is 1.20 bits per heavy atom. The third-order valence-electron chi connectivity index (χ3n) is 0. The third kappa shape index (κ3) is 29.3. The summed E-state index contributed by atoms with van der Waals surface area (Å²) in [4.78, 5) is 8.00. The van der Waals surface area contributed by atoms with Crippen molar-refractivity contribution in [1.82, 2.24) is 0 Å². The minimum absolute atomic E-state index is 1.42. The molecule has 0 fully saturated rings. The van der Waals surface area contributed by atoms with Gasteiger partial charge in [-0.05, 0) is 0 Å². The van der Waals surface area contributed by atoms with Crippen LogP contribution in [0.2, 0.25) is 0 Å². The van der Waals surface area contributed by atoms with Crippen LogP contribution in [0.5, 0.6) is 0 Å². The minimum Gasteiger partial charge on any atom is -0.307 e. The molecule has 0 aromatic heterocycles. The monoisotopic (exact) mass is 90.0 g/mol. The average molecular weight is 90.1 g/mol. The topological polar surface area (TPSA) is 51.2 Å². The van der Waals surface area contributed by atoms with Gasteiger partial charge in [0.1, 0.15) is 6.79 Å². The van der Waals surface area contributed by atoms with Gasteiger partial charge in [-0.1, -0.05) is 0 Å². The summed E-state index contributed by atoms with van der Waals surface area (Å²) in [5, 5.41) is 0. The van der Waals surface area contributed by atoms with Gasteiger partial charge in [0.15, 0.2) is 0 Å². The van der Waals surface area contributed by atoms with Gasteiger partial charge in [0, 0.05) is 0 Å². The second-order valence-electron chi connectivity index (χ2n) is 0.0833. The summed E-state index contributed by atoms with van der Waals surface area (Å²) in [5.74, 6) is 0. The summed E-state index contributed by atoms with van der Waals surface area (Å²) in [6.07, 6.45) is 0. The predicted molar refractivity (Wildman–Crippen MR) is 14.2 cm³/mol. The van der Waals surface area contributed by atoms with Crippen molar-refractivity contribution < 1.29 is 13.7 Å². The van der Waals surface area contributed by atoms with Crippen LogP contribution in [0.25, 0.3) is 0 Å². The number of rotatable bonds is 0. The fourth-order valence-electron chi connectivity index (χ4n) is 0. The van der Waals surface area contributed by atoms with Crippen LogP contribution in [0.1, 0.15) is 0 Å². The average Bonchev–Trinajstić information content (AvgIpc) is 1.46. The van der Waals surface area contributed by atoms with Gasteiger partial charge in [0.25, 0.3) is 0 Å². The Bertz CT molecular complexity index is 36.2. The van der Waals surface area contributed by atoms with Gasteiger partial charge in [-0.15, -0.1) is 0 Å². The maximum Gasteiger partial charge on any atom is 0.549 e. The predicted octanol–water partition coefficient (Wildman–Crippen LogP) is -0.803. The number of carbonyl (C=O) groups is 1. The molecule has 28 valence electrons. The molecule has 0 spiro atoms. The summed E-state index contributed by atoms with van der Waals surface area (Å²) in [6, 6.07) is 0. The van der Waals surface area contributed by atoms with Crippen LogP contribution in [0.4, 0.5) is 0 Å². The van der Waals surface area contributed by atoms with E-state index in [4.69, 9.17) is 13.7 Å². The standard InChI is InChI=1S/CH2O.O2Si/c1-2;1-3-2/h1H2;. The van der Waals surface area contributed by atoms with E-state index >= 15 is 0 Å². The molecule has 0 N–H and O–H groups in total. The van der Waals surface area contributed by atoms with Gasteiger partial charge in [0.2, 0.25) is 0 Å². The molecule has 0 heterocycles. The Kier molecular flexibility index (Phi) is 160. The summed E-state index contributed by atoms with van der Waals surface area (Å²) in [5.41, 5.74) is 0. The Balaban J connectivity index is 0. The summed E-state index contributed by atoms with van der Waals surface area (Å²) >= 11 is 0. The fraction of sp³-hybridized carbons (Fsp3) is 0. The van der Waals surface area contributed by atoms with E-state index in [1.165, 1.54) is 0 Å². The normalized spacial score (nSPS) is 2.40. The number of hydrogen-bond acceptors (Lipinski definition) is 3. The Hall–Kier alpha value is -0.513. The highest BCUT2D eigenvalue weighted by Crippen LogP contribution is 0.759. The molecule has 0 aromatic carbocycles. The molecule has 0 rings (SSSR count). The quantitative estimate of drug-likeness (QED) is 0.366. The molecule has 0 aliphatic rings. The van der Waals surface area contributed by atoms with Crippen LogP contribution in [0.15, 0.2) is 0 Å². The first-order valence-electron chi connectivity index (χ1n) is 0.697. The molecule has 4 heteroatoms. The van der Waals surface area contributed by atoms with Crippen molar-refractivity contribution in [3.8, 4) is 0 Å². The van der Waals surface area contributed by atoms with Gasteiger partial charge in [-0.3, -0.25) is 8.92 Å². The summed E-state index contributed by atoms with van der Waals surface area (Å²) in [6.45, 7) is 2.00. The highest BCUT2D eigenvalue weighted by molar-refractivity contribution is 5.94. The maximum atomic E-state index is 8.40. The first kappa shape index (κ1) is 8.82. The van der Waals surface area contributed by atoms with Crippen LogP contribution in [-0.2, 0) is 13.7 Å². The Morgan fingerprint density at radius 1 is 1.20 bits per heavy atom. The molecule has 0 radical (unpaired) electrons. The van der Waals surface area contributed by atoms with Crippen molar-refractivity contribution in [2.75, 3.05) is 0 Å². The molecule has 3 nitrogen and oxygen atoms in total. The molecule has 5 heavy (non-hydrogen) atoms. The first-order chi connectivity index (χ1) is 2.41. The highest BCUT2D eigenvalue weighted by atomic mass is 28.2. The zero-order chi connectivity index (χ0) is 4.71. The molecular weight excluding hydrogens is 88.1 g/mol. The second-order valence-corrected chi connectivity index (χ2v) is 0.250. The molecule has 0 bridgehead atoms. The lowest BCUT2D eigenvalue weighted by molar-refractivity contribution is -0.0979. The van der Waals surface area contributed by atoms with Crippen LogP contribution in [-0.4, -0.2) is 16.1 Å². The zero-order valence-electron chi connectivity index (χ0n) is 2.43. The zero-order valence-corrected chi connectivity index (χ0v) is 3.43. The van der Waals surface area contributed by atoms with Gasteiger partial charge < -0.3 is 4.79 Å². The molecule has 0 saturated carbocycles. The smallest absolute Gasteiger partial charge is 0.307 e. The molecule has 0 atom stereocenters. The molecule has 0 saturated heterocycles. The summed E-state index contributed by atoms with van der Waals surface area (Å²) < 4.78 is 16.8. The van der Waals surface area contributed by atoms with Crippen molar-refractivity contribution in [1.29, 1.82) is 0 Å². The lowest BCUT2D eigenvalue weighted by Gasteiger charge is -0.944. The first-order valence-corrected chi connectivity index (χ1v) is 1.51. The SMILES string of the molecule is C=O.O=[Si]=O. The van der Waals surface area contributed by atoms with Crippen molar-refractivity contribution in [2.24, 2.45) is 0 Å². The van der Waals surface area contributed by atoms with E-state index in [-0.39, 0.29) is 0 Å². The Morgan fingerprint density at radius 3 is 1.20 bits per heavy atom. The van der Waals surface area contributed by atoms with Crippen LogP contribution in [0, 0.1) is 0 Å². The van der Waals surface area contributed by atoms with E-state index in [1.54, 1.807) is 0 Å². The van der Waals surface area contributed by atoms with Crippen LogP contribution >= 0.6 is 0 Å². The van der Waals surface area contributed by atoms with Gasteiger partial charge in [-0.2, -0.15) is 0 Å². The van der Waals surface area contributed by atoms with Crippen molar-refractivity contribution in [3.05, 3.63) is 0 Å². The fourth-order valence-corrected chi connectivity index (χ4v) is 0.